The van der Waals surface area contributed by atoms with Crippen LogP contribution in [0.5, 0.6) is 0 Å². The Hall–Kier alpha value is -6.96. The van der Waals surface area contributed by atoms with Crippen molar-refractivity contribution in [3.8, 4) is 33.8 Å². The zero-order valence-electron chi connectivity index (χ0n) is 30.1. The molecule has 0 saturated heterocycles. The summed E-state index contributed by atoms with van der Waals surface area (Å²) in [5, 5.41) is 7.82. The van der Waals surface area contributed by atoms with E-state index in [1.54, 1.807) is 0 Å². The van der Waals surface area contributed by atoms with Crippen LogP contribution in [0.1, 0.15) is 22.3 Å². The molecule has 0 N–H and O–H groups in total. The number of fused-ring (bicyclic) bond motifs is 14. The molecule has 6 heterocycles. The molecule has 6 aromatic carbocycles. The van der Waals surface area contributed by atoms with Crippen molar-refractivity contribution in [3.05, 3.63) is 204 Å². The molecule has 0 atom stereocenters. The van der Waals surface area contributed by atoms with E-state index in [1.165, 1.54) is 82.6 Å². The van der Waals surface area contributed by atoms with Gasteiger partial charge in [0.25, 0.3) is 0 Å². The van der Waals surface area contributed by atoms with Gasteiger partial charge in [-0.05, 0) is 64.2 Å². The molecule has 0 saturated carbocycles. The third-order valence-electron chi connectivity index (χ3n) is 11.2. The van der Waals surface area contributed by atoms with E-state index in [-0.39, 0.29) is 0 Å². The number of nitrogens with zero attached hydrogens (tertiary/aromatic N) is 4. The van der Waals surface area contributed by atoms with E-state index in [4.69, 9.17) is 6.57 Å². The van der Waals surface area contributed by atoms with Crippen molar-refractivity contribution in [2.45, 2.75) is 26.6 Å². The van der Waals surface area contributed by atoms with Crippen molar-refractivity contribution in [3.63, 3.8) is 0 Å². The van der Waals surface area contributed by atoms with E-state index in [2.05, 4.69) is 177 Å². The lowest BCUT2D eigenvalue weighted by atomic mass is 9.98. The van der Waals surface area contributed by atoms with Crippen LogP contribution >= 0.6 is 0 Å². The first kappa shape index (κ1) is 31.7. The molecule has 3 aliphatic heterocycles. The Kier molecular flexibility index (Phi) is 7.59. The normalized spacial score (nSPS) is 12.3. The predicted octanol–water partition coefficient (Wildman–Crippen LogP) is 10.3. The van der Waals surface area contributed by atoms with Gasteiger partial charge in [0.15, 0.2) is 43.9 Å². The zero-order chi connectivity index (χ0) is 36.2. The molecule has 3 aliphatic rings. The molecule has 3 aromatic heterocycles. The monoisotopic (exact) mass is 693 g/mol. The smallest absolute Gasteiger partial charge is 0.221 e. The van der Waals surface area contributed by atoms with Crippen LogP contribution in [-0.2, 0) is 19.6 Å². The maximum atomic E-state index is 7.17. The minimum absolute atomic E-state index is 0.701. The van der Waals surface area contributed by atoms with Crippen LogP contribution in [0.4, 0.5) is 5.69 Å². The molecule has 0 aliphatic carbocycles. The summed E-state index contributed by atoms with van der Waals surface area (Å²) in [6, 6.07) is 53.8. The fourth-order valence-electron chi connectivity index (χ4n) is 8.63. The topological polar surface area (TPSA) is 16.0 Å². The molecule has 9 aromatic rings. The number of aromatic nitrogens is 3. The molecule has 0 bridgehead atoms. The van der Waals surface area contributed by atoms with Crippen LogP contribution in [0.25, 0.3) is 70.9 Å². The molecular weight excluding hydrogens is 657 g/mol. The van der Waals surface area contributed by atoms with Crippen molar-refractivity contribution < 1.29 is 13.7 Å². The third-order valence-corrected chi connectivity index (χ3v) is 11.2. The van der Waals surface area contributed by atoms with Crippen LogP contribution in [-0.4, -0.2) is 0 Å². The van der Waals surface area contributed by atoms with Crippen molar-refractivity contribution in [1.82, 2.24) is 0 Å². The Morgan fingerprint density at radius 1 is 0.463 bits per heavy atom. The van der Waals surface area contributed by atoms with E-state index in [0.717, 1.165) is 25.3 Å². The Bertz CT molecular complexity index is 3010. The molecule has 12 rings (SSSR count). The first-order valence-corrected chi connectivity index (χ1v) is 18.6. The lowest BCUT2D eigenvalue weighted by molar-refractivity contribution is -0.672. The average Bonchev–Trinajstić information content (AvgIpc) is 3.92. The zero-order valence-corrected chi connectivity index (χ0v) is 30.1. The van der Waals surface area contributed by atoms with Gasteiger partial charge in [0.1, 0.15) is 0 Å². The Morgan fingerprint density at radius 2 is 1.11 bits per heavy atom. The van der Waals surface area contributed by atoms with Gasteiger partial charge in [0.2, 0.25) is 17.1 Å². The summed E-state index contributed by atoms with van der Waals surface area (Å²) in [6.45, 7) is 12.2. The molecule has 0 amide bonds. The maximum Gasteiger partial charge on any atom is 0.221 e. The van der Waals surface area contributed by atoms with E-state index in [9.17, 15) is 0 Å². The van der Waals surface area contributed by atoms with Crippen LogP contribution in [0.3, 0.4) is 0 Å². The number of hydrogen-bond acceptors (Lipinski definition) is 0. The largest absolute Gasteiger partial charge is 0.238 e. The first-order chi connectivity index (χ1) is 26.6. The Morgan fingerprint density at radius 3 is 1.94 bits per heavy atom. The quantitative estimate of drug-likeness (QED) is 0.111. The summed E-state index contributed by atoms with van der Waals surface area (Å²) < 4.78 is 6.90. The molecule has 0 unspecified atom stereocenters. The van der Waals surface area contributed by atoms with E-state index in [1.807, 2.05) is 18.3 Å². The van der Waals surface area contributed by atoms with Gasteiger partial charge >= 0.3 is 0 Å². The van der Waals surface area contributed by atoms with Gasteiger partial charge in [-0.1, -0.05) is 97.1 Å². The summed E-state index contributed by atoms with van der Waals surface area (Å²) >= 11 is 0. The number of benzene rings is 6. The number of hydrogen-bond donors (Lipinski definition) is 0. The van der Waals surface area contributed by atoms with E-state index >= 15 is 0 Å². The van der Waals surface area contributed by atoms with Crippen molar-refractivity contribution >= 4 is 38.0 Å². The lowest BCUT2D eigenvalue weighted by Gasteiger charge is -2.02. The highest BCUT2D eigenvalue weighted by atomic mass is 15.0. The van der Waals surface area contributed by atoms with Gasteiger partial charge in [-0.3, -0.25) is 0 Å². The second kappa shape index (κ2) is 12.9. The summed E-state index contributed by atoms with van der Waals surface area (Å²) in [4.78, 5) is 3.54. The highest BCUT2D eigenvalue weighted by molar-refractivity contribution is 5.99. The van der Waals surface area contributed by atoms with Gasteiger partial charge in [-0.25, -0.2) is 4.85 Å². The minimum Gasteiger partial charge on any atom is -0.238 e. The summed E-state index contributed by atoms with van der Waals surface area (Å²) in [5.41, 5.74) is 14.2. The van der Waals surface area contributed by atoms with Gasteiger partial charge < -0.3 is 0 Å². The predicted molar refractivity (Wildman–Crippen MR) is 217 cm³/mol. The fraction of sp³-hybridized carbons (Fsp3) is 0.0800. The van der Waals surface area contributed by atoms with Crippen molar-refractivity contribution in [2.24, 2.45) is 0 Å². The molecule has 54 heavy (non-hydrogen) atoms. The van der Waals surface area contributed by atoms with E-state index in [0.29, 0.717) is 5.69 Å². The molecule has 254 valence electrons. The Labute approximate surface area is 314 Å². The fourth-order valence-corrected chi connectivity index (χ4v) is 8.63. The second-order valence-electron chi connectivity index (χ2n) is 14.4. The molecule has 4 nitrogen and oxygen atoms in total. The van der Waals surface area contributed by atoms with Crippen molar-refractivity contribution in [2.75, 3.05) is 0 Å². The van der Waals surface area contributed by atoms with Crippen LogP contribution in [0.15, 0.2) is 170 Å². The van der Waals surface area contributed by atoms with E-state index < -0.39 is 0 Å². The maximum absolute atomic E-state index is 7.17. The molecular formula is C50H37N4+3. The van der Waals surface area contributed by atoms with Gasteiger partial charge in [0.05, 0.1) is 28.6 Å². The summed E-state index contributed by atoms with van der Waals surface area (Å²) in [6.07, 6.45) is 6.38. The molecule has 0 spiro atoms. The molecule has 0 radical (unpaired) electrons. The number of aryl methyl sites for hydroxylation is 1. The number of pyridine rings is 3. The van der Waals surface area contributed by atoms with Crippen LogP contribution in [0, 0.1) is 13.5 Å². The summed E-state index contributed by atoms with van der Waals surface area (Å²) in [5.74, 6) is 0. The second-order valence-corrected chi connectivity index (χ2v) is 14.4. The molecule has 0 fully saturated rings. The Balaban J connectivity index is 0.000000102. The van der Waals surface area contributed by atoms with Crippen molar-refractivity contribution in [1.29, 1.82) is 0 Å². The van der Waals surface area contributed by atoms with Gasteiger partial charge in [-0.15, -0.1) is 0 Å². The van der Waals surface area contributed by atoms with Crippen LogP contribution in [0.2, 0.25) is 0 Å². The third kappa shape index (κ3) is 5.33. The summed E-state index contributed by atoms with van der Waals surface area (Å²) in [7, 11) is 0. The van der Waals surface area contributed by atoms with Crippen LogP contribution < -0.4 is 13.7 Å². The minimum atomic E-state index is 0.701. The number of rotatable bonds is 0. The van der Waals surface area contributed by atoms with Gasteiger partial charge in [-0.2, -0.15) is 13.7 Å². The van der Waals surface area contributed by atoms with Gasteiger partial charge in [0, 0.05) is 46.5 Å². The highest BCUT2D eigenvalue weighted by Crippen LogP contribution is 2.37. The standard InChI is InChI=1S/C20H14N.C17H11N2.C13H12N/c1-2-7-16-12-19-17(11-15(16)6-1)13-21-10-9-14-5-3-4-8-18(14)20(19)21;1-18-14-8-9-19-11-13-7-6-12-4-2-3-5-15(12)17(13)16(19)10-14;1-10-5-4-8-14-9-11-6-2-3-7-12(11)13(10)14/h1-12H,13H2;2-10H,11H2;2-8H,9H2,1H3/q3*+1. The average molecular weight is 694 g/mol. The molecule has 4 heteroatoms. The first-order valence-electron chi connectivity index (χ1n) is 18.6. The SMILES string of the molecule is Cc1ccc[n+]2c1-c1ccccc1C2.[C-]#[N+]c1cc[n+]2c(c1)-c1c(ccc3ccccc13)C2.c1ccc2cc3c(cc2c1)C[n+]1ccc2ccccc2c1-3. The lowest BCUT2D eigenvalue weighted by Crippen LogP contribution is -2.32. The highest BCUT2D eigenvalue weighted by Gasteiger charge is 2.30.